The smallest absolute Gasteiger partial charge is 0.191 e. The van der Waals surface area contributed by atoms with E-state index in [1.807, 2.05) is 18.2 Å². The van der Waals surface area contributed by atoms with Crippen molar-refractivity contribution < 1.29 is 4.74 Å². The molecule has 1 aromatic rings. The van der Waals surface area contributed by atoms with E-state index >= 15 is 0 Å². The number of hydrogen-bond acceptors (Lipinski definition) is 2. The highest BCUT2D eigenvalue weighted by Crippen LogP contribution is 2.25. The van der Waals surface area contributed by atoms with Crippen LogP contribution in [-0.2, 0) is 10.2 Å². The van der Waals surface area contributed by atoms with Crippen LogP contribution in [0.1, 0.15) is 26.3 Å². The van der Waals surface area contributed by atoms with Crippen LogP contribution in [0.3, 0.4) is 0 Å². The van der Waals surface area contributed by atoms with Crippen LogP contribution < -0.4 is 10.6 Å². The normalized spacial score (nSPS) is 12.3. The van der Waals surface area contributed by atoms with Gasteiger partial charge in [0.1, 0.15) is 0 Å². The molecule has 0 bridgehead atoms. The molecule has 0 aliphatic heterocycles. The summed E-state index contributed by atoms with van der Waals surface area (Å²) >= 11 is 6.07. The second kappa shape index (κ2) is 8.90. The molecule has 0 fully saturated rings. The predicted molar refractivity (Wildman–Crippen MR) is 90.3 cm³/mol. The molecule has 2 N–H and O–H groups in total. The lowest BCUT2D eigenvalue weighted by molar-refractivity contribution is 0.203. The Morgan fingerprint density at radius 3 is 2.71 bits per heavy atom. The highest BCUT2D eigenvalue weighted by atomic mass is 35.5. The zero-order valence-electron chi connectivity index (χ0n) is 13.4. The van der Waals surface area contributed by atoms with Crippen LogP contribution in [0.15, 0.2) is 29.3 Å². The van der Waals surface area contributed by atoms with E-state index in [9.17, 15) is 0 Å². The fourth-order valence-electron chi connectivity index (χ4n) is 1.89. The largest absolute Gasteiger partial charge is 0.383 e. The lowest BCUT2D eigenvalue weighted by Crippen LogP contribution is -2.40. The van der Waals surface area contributed by atoms with Crippen LogP contribution in [0.5, 0.6) is 0 Å². The molecule has 0 radical (unpaired) electrons. The number of ether oxygens (including phenoxy) is 1. The van der Waals surface area contributed by atoms with Crippen LogP contribution >= 0.6 is 11.6 Å². The zero-order valence-corrected chi connectivity index (χ0v) is 14.1. The van der Waals surface area contributed by atoms with Gasteiger partial charge in [0.25, 0.3) is 0 Å². The summed E-state index contributed by atoms with van der Waals surface area (Å²) in [4.78, 5) is 4.66. The van der Waals surface area contributed by atoms with Gasteiger partial charge in [0, 0.05) is 30.6 Å². The summed E-state index contributed by atoms with van der Waals surface area (Å²) in [5, 5.41) is 7.24. The van der Waals surface area contributed by atoms with Gasteiger partial charge in [-0.3, -0.25) is 4.99 Å². The first-order valence-electron chi connectivity index (χ1n) is 7.26. The number of aliphatic imine (C=N–C) groups is 1. The number of benzene rings is 1. The summed E-state index contributed by atoms with van der Waals surface area (Å²) in [6, 6.07) is 7.96. The molecule has 0 aliphatic carbocycles. The van der Waals surface area contributed by atoms with Crippen LogP contribution in [-0.4, -0.2) is 39.3 Å². The highest BCUT2D eigenvalue weighted by molar-refractivity contribution is 6.30. The molecule has 1 aromatic carbocycles. The molecule has 118 valence electrons. The average Bonchev–Trinajstić information content (AvgIpc) is 2.45. The Bertz CT molecular complexity index is 461. The van der Waals surface area contributed by atoms with E-state index in [0.717, 1.165) is 24.1 Å². The van der Waals surface area contributed by atoms with Crippen molar-refractivity contribution in [1.82, 2.24) is 10.6 Å². The molecule has 0 heterocycles. The molecular weight excluding hydrogens is 286 g/mol. The van der Waals surface area contributed by atoms with Crippen molar-refractivity contribution in [2.75, 3.05) is 33.4 Å². The Morgan fingerprint density at radius 2 is 2.10 bits per heavy atom. The molecule has 0 saturated heterocycles. The molecule has 5 heteroatoms. The molecule has 0 aromatic heterocycles. The zero-order chi connectivity index (χ0) is 15.7. The minimum Gasteiger partial charge on any atom is -0.383 e. The summed E-state index contributed by atoms with van der Waals surface area (Å²) in [6.07, 6.45) is 0. The first-order chi connectivity index (χ1) is 9.99. The van der Waals surface area contributed by atoms with Gasteiger partial charge in [-0.05, 0) is 24.6 Å². The van der Waals surface area contributed by atoms with Gasteiger partial charge in [-0.2, -0.15) is 0 Å². The molecular formula is C16H26ClN3O. The molecule has 0 aliphatic rings. The highest BCUT2D eigenvalue weighted by Gasteiger charge is 2.20. The van der Waals surface area contributed by atoms with E-state index in [-0.39, 0.29) is 5.41 Å². The maximum atomic E-state index is 6.07. The summed E-state index contributed by atoms with van der Waals surface area (Å²) in [6.45, 7) is 9.28. The average molecular weight is 312 g/mol. The quantitative estimate of drug-likeness (QED) is 0.462. The Balaban J connectivity index is 2.72. The van der Waals surface area contributed by atoms with Gasteiger partial charge in [-0.25, -0.2) is 0 Å². The monoisotopic (exact) mass is 311 g/mol. The molecule has 0 saturated carbocycles. The molecule has 0 amide bonds. The first-order valence-corrected chi connectivity index (χ1v) is 7.64. The van der Waals surface area contributed by atoms with Crippen molar-refractivity contribution in [2.24, 2.45) is 4.99 Å². The van der Waals surface area contributed by atoms with Gasteiger partial charge in [0.15, 0.2) is 5.96 Å². The summed E-state index contributed by atoms with van der Waals surface area (Å²) in [5.74, 6) is 0.810. The summed E-state index contributed by atoms with van der Waals surface area (Å²) in [7, 11) is 1.69. The van der Waals surface area contributed by atoms with Crippen LogP contribution in [0.2, 0.25) is 5.02 Å². The maximum Gasteiger partial charge on any atom is 0.191 e. The van der Waals surface area contributed by atoms with Gasteiger partial charge in [0.05, 0.1) is 13.2 Å². The maximum absolute atomic E-state index is 6.07. The Kier molecular flexibility index (Phi) is 7.54. The van der Waals surface area contributed by atoms with E-state index in [1.165, 1.54) is 5.56 Å². The Hall–Kier alpha value is -1.26. The van der Waals surface area contributed by atoms with Crippen molar-refractivity contribution in [3.63, 3.8) is 0 Å². The third kappa shape index (κ3) is 6.36. The summed E-state index contributed by atoms with van der Waals surface area (Å²) in [5.41, 5.74) is 1.11. The number of hydrogen-bond donors (Lipinski definition) is 2. The van der Waals surface area contributed by atoms with Crippen LogP contribution in [0.25, 0.3) is 0 Å². The van der Waals surface area contributed by atoms with E-state index in [1.54, 1.807) is 7.11 Å². The number of nitrogens with one attached hydrogen (secondary N) is 2. The standard InChI is InChI=1S/C16H26ClN3O/c1-5-18-15(19-9-10-21-4)20-12-16(2,3)13-7-6-8-14(17)11-13/h6-8,11H,5,9-10,12H2,1-4H3,(H2,18,19,20). The van der Waals surface area contributed by atoms with Crippen LogP contribution in [0, 0.1) is 0 Å². The van der Waals surface area contributed by atoms with Crippen molar-refractivity contribution in [3.8, 4) is 0 Å². The number of halogens is 1. The second-order valence-corrected chi connectivity index (χ2v) is 5.95. The molecule has 4 nitrogen and oxygen atoms in total. The predicted octanol–water partition coefficient (Wildman–Crippen LogP) is 2.82. The van der Waals surface area contributed by atoms with Gasteiger partial charge < -0.3 is 15.4 Å². The van der Waals surface area contributed by atoms with Gasteiger partial charge >= 0.3 is 0 Å². The van der Waals surface area contributed by atoms with Crippen molar-refractivity contribution in [2.45, 2.75) is 26.2 Å². The lowest BCUT2D eigenvalue weighted by Gasteiger charge is -2.24. The van der Waals surface area contributed by atoms with Crippen molar-refractivity contribution in [1.29, 1.82) is 0 Å². The number of methoxy groups -OCH3 is 1. The van der Waals surface area contributed by atoms with E-state index in [4.69, 9.17) is 16.3 Å². The van der Waals surface area contributed by atoms with Crippen LogP contribution in [0.4, 0.5) is 0 Å². The Labute approximate surface area is 132 Å². The first kappa shape index (κ1) is 17.8. The topological polar surface area (TPSA) is 45.7 Å². The minimum atomic E-state index is -0.0749. The van der Waals surface area contributed by atoms with E-state index < -0.39 is 0 Å². The third-order valence-electron chi connectivity index (χ3n) is 3.18. The lowest BCUT2D eigenvalue weighted by atomic mass is 9.85. The molecule has 0 spiro atoms. The summed E-state index contributed by atoms with van der Waals surface area (Å²) < 4.78 is 5.04. The number of rotatable bonds is 7. The van der Waals surface area contributed by atoms with Crippen molar-refractivity contribution in [3.05, 3.63) is 34.9 Å². The molecule has 0 atom stereocenters. The van der Waals surface area contributed by atoms with Gasteiger partial charge in [-0.1, -0.05) is 37.6 Å². The van der Waals surface area contributed by atoms with Gasteiger partial charge in [0.2, 0.25) is 0 Å². The minimum absolute atomic E-state index is 0.0749. The molecule has 0 unspecified atom stereocenters. The van der Waals surface area contributed by atoms with Crippen molar-refractivity contribution >= 4 is 17.6 Å². The fraction of sp³-hybridized carbons (Fsp3) is 0.562. The third-order valence-corrected chi connectivity index (χ3v) is 3.42. The van der Waals surface area contributed by atoms with Gasteiger partial charge in [-0.15, -0.1) is 0 Å². The molecule has 1 rings (SSSR count). The second-order valence-electron chi connectivity index (χ2n) is 5.51. The van der Waals surface area contributed by atoms with E-state index in [2.05, 4.69) is 42.5 Å². The fourth-order valence-corrected chi connectivity index (χ4v) is 2.08. The van der Waals surface area contributed by atoms with E-state index in [0.29, 0.717) is 13.2 Å². The number of guanidine groups is 1. The number of nitrogens with zero attached hydrogens (tertiary/aromatic N) is 1. The molecule has 21 heavy (non-hydrogen) atoms. The SMILES string of the molecule is CCNC(=NCC(C)(C)c1cccc(Cl)c1)NCCOC. The Morgan fingerprint density at radius 1 is 1.33 bits per heavy atom.